The third kappa shape index (κ3) is 4.27. The van der Waals surface area contributed by atoms with E-state index in [1.807, 2.05) is 37.6 Å². The number of aryl methyl sites for hydroxylation is 1. The largest absolute Gasteiger partial charge is 0.470 e. The molecule has 2 unspecified atom stereocenters. The average Bonchev–Trinajstić information content (AvgIpc) is 3.14. The molecule has 0 aromatic carbocycles. The Balaban J connectivity index is 1.24. The minimum absolute atomic E-state index is 0.0448. The fraction of sp³-hybridized carbons (Fsp3) is 0.550. The minimum Gasteiger partial charge on any atom is -0.470 e. The first-order valence-corrected chi connectivity index (χ1v) is 9.93. The van der Waals surface area contributed by atoms with Gasteiger partial charge in [-0.1, -0.05) is 0 Å². The number of pyridine rings is 1. The Labute approximate surface area is 165 Å². The molecule has 8 nitrogen and oxygen atoms in total. The summed E-state index contributed by atoms with van der Waals surface area (Å²) in [5, 5.41) is 11.1. The normalized spacial score (nSPS) is 21.8. The molecular weight excluding hydrogens is 356 g/mol. The van der Waals surface area contributed by atoms with Gasteiger partial charge >= 0.3 is 0 Å². The summed E-state index contributed by atoms with van der Waals surface area (Å²) in [4.78, 5) is 18.1. The molecular formula is C20H28N6O2. The first-order valence-electron chi connectivity index (χ1n) is 9.93. The molecule has 4 rings (SSSR count). The van der Waals surface area contributed by atoms with Crippen molar-refractivity contribution in [2.24, 2.45) is 13.0 Å². The summed E-state index contributed by atoms with van der Waals surface area (Å²) >= 11 is 0. The highest BCUT2D eigenvalue weighted by Gasteiger charge is 2.24. The number of nitrogens with zero attached hydrogens (tertiary/aromatic N) is 4. The first-order chi connectivity index (χ1) is 13.6. The standard InChI is InChI=1S/C20H28N6O2/c1-25-6-4-14(7-19(25)27)3-5-21-11-17-12-22-18-8-15(9-23-20(18)28-17)16-10-24-26(2)13-16/h8-10,13-14,17,21-22H,3-7,11-12H2,1-2H3. The number of likely N-dealkylation sites (tertiary alicyclic amines) is 1. The molecule has 2 aromatic rings. The minimum atomic E-state index is 0.0448. The highest BCUT2D eigenvalue weighted by molar-refractivity contribution is 5.76. The van der Waals surface area contributed by atoms with Gasteiger partial charge in [0.1, 0.15) is 6.10 Å². The quantitative estimate of drug-likeness (QED) is 0.735. The van der Waals surface area contributed by atoms with Crippen LogP contribution in [-0.2, 0) is 11.8 Å². The summed E-state index contributed by atoms with van der Waals surface area (Å²) in [7, 11) is 3.79. The molecule has 0 radical (unpaired) electrons. The molecule has 8 heteroatoms. The van der Waals surface area contributed by atoms with E-state index in [1.165, 1.54) is 0 Å². The van der Waals surface area contributed by atoms with Crippen LogP contribution in [0.1, 0.15) is 19.3 Å². The zero-order valence-electron chi connectivity index (χ0n) is 16.5. The number of hydrogen-bond acceptors (Lipinski definition) is 6. The molecule has 4 heterocycles. The molecule has 0 spiro atoms. The Morgan fingerprint density at radius 1 is 1.32 bits per heavy atom. The lowest BCUT2D eigenvalue weighted by Gasteiger charge is -2.29. The smallest absolute Gasteiger partial charge is 0.237 e. The molecule has 0 aliphatic carbocycles. The van der Waals surface area contributed by atoms with Crippen LogP contribution in [0.4, 0.5) is 5.69 Å². The molecule has 1 saturated heterocycles. The molecule has 2 atom stereocenters. The van der Waals surface area contributed by atoms with Crippen LogP contribution in [0.5, 0.6) is 5.88 Å². The lowest BCUT2D eigenvalue weighted by atomic mass is 9.93. The lowest BCUT2D eigenvalue weighted by Crippen LogP contribution is -2.41. The summed E-state index contributed by atoms with van der Waals surface area (Å²) in [6, 6.07) is 2.06. The molecule has 2 N–H and O–H groups in total. The number of piperidine rings is 1. The van der Waals surface area contributed by atoms with Crippen molar-refractivity contribution in [1.82, 2.24) is 25.0 Å². The van der Waals surface area contributed by atoms with Crippen LogP contribution in [-0.4, -0.2) is 64.9 Å². The monoisotopic (exact) mass is 384 g/mol. The Bertz CT molecular complexity index is 836. The van der Waals surface area contributed by atoms with Gasteiger partial charge in [-0.05, 0) is 31.4 Å². The lowest BCUT2D eigenvalue weighted by molar-refractivity contribution is -0.133. The van der Waals surface area contributed by atoms with Gasteiger partial charge in [0.25, 0.3) is 0 Å². The highest BCUT2D eigenvalue weighted by Crippen LogP contribution is 2.31. The molecule has 2 aromatic heterocycles. The molecule has 1 fully saturated rings. The van der Waals surface area contributed by atoms with Gasteiger partial charge < -0.3 is 20.3 Å². The molecule has 1 amide bonds. The van der Waals surface area contributed by atoms with Crippen LogP contribution in [0.15, 0.2) is 24.7 Å². The third-order valence-electron chi connectivity index (χ3n) is 5.55. The predicted molar refractivity (Wildman–Crippen MR) is 107 cm³/mol. The Morgan fingerprint density at radius 3 is 3.00 bits per heavy atom. The van der Waals surface area contributed by atoms with Crippen molar-refractivity contribution in [2.45, 2.75) is 25.4 Å². The van der Waals surface area contributed by atoms with Crippen LogP contribution < -0.4 is 15.4 Å². The van der Waals surface area contributed by atoms with Crippen LogP contribution in [0.3, 0.4) is 0 Å². The van der Waals surface area contributed by atoms with Crippen molar-refractivity contribution in [3.05, 3.63) is 24.7 Å². The number of hydrogen-bond donors (Lipinski definition) is 2. The second-order valence-corrected chi connectivity index (χ2v) is 7.77. The topological polar surface area (TPSA) is 84.3 Å². The number of rotatable bonds is 6. The number of carbonyl (C=O) groups excluding carboxylic acids is 1. The number of anilines is 1. The molecule has 2 aliphatic rings. The number of ether oxygens (including phenoxy) is 1. The van der Waals surface area contributed by atoms with Gasteiger partial charge in [-0.25, -0.2) is 4.98 Å². The van der Waals surface area contributed by atoms with Gasteiger partial charge in [0.2, 0.25) is 11.8 Å². The highest BCUT2D eigenvalue weighted by atomic mass is 16.5. The van der Waals surface area contributed by atoms with Gasteiger partial charge in [0.05, 0.1) is 18.4 Å². The Kier molecular flexibility index (Phi) is 5.47. The molecule has 0 bridgehead atoms. The van der Waals surface area contributed by atoms with E-state index in [4.69, 9.17) is 4.74 Å². The number of nitrogens with one attached hydrogen (secondary N) is 2. The van der Waals surface area contributed by atoms with Crippen molar-refractivity contribution in [1.29, 1.82) is 0 Å². The van der Waals surface area contributed by atoms with Crippen molar-refractivity contribution >= 4 is 11.6 Å². The summed E-state index contributed by atoms with van der Waals surface area (Å²) < 4.78 is 7.81. The number of fused-ring (bicyclic) bond motifs is 1. The average molecular weight is 384 g/mol. The van der Waals surface area contributed by atoms with Crippen LogP contribution in [0, 0.1) is 5.92 Å². The van der Waals surface area contributed by atoms with Gasteiger partial charge in [-0.3, -0.25) is 9.48 Å². The van der Waals surface area contributed by atoms with Crippen molar-refractivity contribution in [3.8, 4) is 17.0 Å². The molecule has 0 saturated carbocycles. The maximum Gasteiger partial charge on any atom is 0.237 e. The zero-order chi connectivity index (χ0) is 19.5. The Morgan fingerprint density at radius 2 is 2.21 bits per heavy atom. The summed E-state index contributed by atoms with van der Waals surface area (Å²) in [6.45, 7) is 3.29. The number of carbonyl (C=O) groups is 1. The second-order valence-electron chi connectivity index (χ2n) is 7.77. The molecule has 150 valence electrons. The van der Waals surface area contributed by atoms with Crippen molar-refractivity contribution in [3.63, 3.8) is 0 Å². The van der Waals surface area contributed by atoms with Crippen molar-refractivity contribution in [2.75, 3.05) is 38.5 Å². The number of aromatic nitrogens is 3. The maximum atomic E-state index is 11.8. The first kappa shape index (κ1) is 18.7. The Hall–Kier alpha value is -2.61. The third-order valence-corrected chi connectivity index (χ3v) is 5.55. The second kappa shape index (κ2) is 8.18. The van der Waals surface area contributed by atoms with Gasteiger partial charge in [-0.2, -0.15) is 5.10 Å². The van der Waals surface area contributed by atoms with Gasteiger partial charge in [0.15, 0.2) is 0 Å². The van der Waals surface area contributed by atoms with Crippen molar-refractivity contribution < 1.29 is 9.53 Å². The summed E-state index contributed by atoms with van der Waals surface area (Å²) in [5.74, 6) is 1.41. The summed E-state index contributed by atoms with van der Waals surface area (Å²) in [5.41, 5.74) is 2.98. The number of amides is 1. The van der Waals surface area contributed by atoms with E-state index in [0.717, 1.165) is 55.8 Å². The molecule has 28 heavy (non-hydrogen) atoms. The maximum absolute atomic E-state index is 11.8. The fourth-order valence-corrected chi connectivity index (χ4v) is 3.76. The van der Waals surface area contributed by atoms with E-state index >= 15 is 0 Å². The fourth-order valence-electron chi connectivity index (χ4n) is 3.76. The van der Waals surface area contributed by atoms with Crippen LogP contribution >= 0.6 is 0 Å². The van der Waals surface area contributed by atoms with Crippen LogP contribution in [0.2, 0.25) is 0 Å². The van der Waals surface area contributed by atoms with Gasteiger partial charge in [0, 0.05) is 57.1 Å². The van der Waals surface area contributed by atoms with E-state index in [9.17, 15) is 4.79 Å². The summed E-state index contributed by atoms with van der Waals surface area (Å²) in [6.07, 6.45) is 8.48. The van der Waals surface area contributed by atoms with Gasteiger partial charge in [-0.15, -0.1) is 0 Å². The predicted octanol–water partition coefficient (Wildman–Crippen LogP) is 1.50. The van der Waals surface area contributed by atoms with Crippen LogP contribution in [0.25, 0.3) is 11.1 Å². The molecule has 2 aliphatic heterocycles. The van der Waals surface area contributed by atoms with E-state index in [1.54, 1.807) is 4.68 Å². The van der Waals surface area contributed by atoms with E-state index in [2.05, 4.69) is 26.8 Å². The van der Waals surface area contributed by atoms with E-state index < -0.39 is 0 Å². The van der Waals surface area contributed by atoms with E-state index in [0.29, 0.717) is 18.2 Å². The zero-order valence-corrected chi connectivity index (χ0v) is 16.5. The SMILES string of the molecule is CN1CCC(CCNCC2CNc3cc(-c4cnn(C)c4)cnc3O2)CC1=O. The van der Waals surface area contributed by atoms with E-state index in [-0.39, 0.29) is 12.0 Å².